The van der Waals surface area contributed by atoms with E-state index in [0.717, 1.165) is 19.4 Å². The van der Waals surface area contributed by atoms with Crippen molar-refractivity contribution in [2.24, 2.45) is 0 Å². The van der Waals surface area contributed by atoms with Crippen LogP contribution in [0.5, 0.6) is 0 Å². The van der Waals surface area contributed by atoms with E-state index in [-0.39, 0.29) is 5.91 Å². The Balaban J connectivity index is 1.86. The maximum atomic E-state index is 12.4. The van der Waals surface area contributed by atoms with Gasteiger partial charge in [0.2, 0.25) is 5.91 Å². The number of nitrogens with zero attached hydrogens (tertiary/aromatic N) is 2. The minimum absolute atomic E-state index is 0.135. The molecule has 2 rings (SSSR count). The molecule has 2 N–H and O–H groups in total. The Labute approximate surface area is 115 Å². The van der Waals surface area contributed by atoms with Gasteiger partial charge in [0.25, 0.3) is 0 Å². The Hall–Kier alpha value is -0.650. The van der Waals surface area contributed by atoms with Gasteiger partial charge in [-0.2, -0.15) is 0 Å². The Morgan fingerprint density at radius 2 is 1.74 bits per heavy atom. The van der Waals surface area contributed by atoms with E-state index >= 15 is 0 Å². The van der Waals surface area contributed by atoms with Crippen LogP contribution in [0, 0.1) is 0 Å². The molecule has 1 amide bonds. The van der Waals surface area contributed by atoms with Gasteiger partial charge < -0.3 is 15.1 Å². The Kier molecular flexibility index (Phi) is 5.19. The zero-order valence-corrected chi connectivity index (χ0v) is 11.8. The standard InChI is InChI=1S/C14H26N2O3/c1-2-16(11-6-4-3-5-7-11)14(19)10-15-8-12(17)13(18)9-15/h11-13,17-18H,2-10H2,1H3/t12-,13+. The molecule has 2 aliphatic rings. The molecule has 2 fully saturated rings. The van der Waals surface area contributed by atoms with Crippen molar-refractivity contribution in [1.82, 2.24) is 9.80 Å². The second kappa shape index (κ2) is 6.68. The van der Waals surface area contributed by atoms with Crippen molar-refractivity contribution in [3.63, 3.8) is 0 Å². The minimum Gasteiger partial charge on any atom is -0.389 e. The summed E-state index contributed by atoms with van der Waals surface area (Å²) in [4.78, 5) is 16.2. The monoisotopic (exact) mass is 270 g/mol. The highest BCUT2D eigenvalue weighted by atomic mass is 16.3. The molecule has 0 bridgehead atoms. The maximum absolute atomic E-state index is 12.4. The third kappa shape index (κ3) is 3.68. The van der Waals surface area contributed by atoms with Crippen molar-refractivity contribution >= 4 is 5.91 Å². The number of carbonyl (C=O) groups excluding carboxylic acids is 1. The molecule has 1 aliphatic heterocycles. The lowest BCUT2D eigenvalue weighted by atomic mass is 9.94. The predicted octanol–water partition coefficient (Wildman–Crippen LogP) is 0.205. The molecule has 5 nitrogen and oxygen atoms in total. The number of hydrogen-bond acceptors (Lipinski definition) is 4. The van der Waals surface area contributed by atoms with Crippen molar-refractivity contribution in [3.8, 4) is 0 Å². The van der Waals surface area contributed by atoms with E-state index in [1.807, 2.05) is 16.7 Å². The molecule has 2 atom stereocenters. The first-order valence-corrected chi connectivity index (χ1v) is 7.49. The lowest BCUT2D eigenvalue weighted by molar-refractivity contribution is -0.135. The quantitative estimate of drug-likeness (QED) is 0.766. The average molecular weight is 270 g/mol. The summed E-state index contributed by atoms with van der Waals surface area (Å²) in [7, 11) is 0. The van der Waals surface area contributed by atoms with Gasteiger partial charge in [0.05, 0.1) is 18.8 Å². The fourth-order valence-corrected chi connectivity index (χ4v) is 3.29. The molecule has 1 aliphatic carbocycles. The third-order valence-electron chi connectivity index (χ3n) is 4.37. The van der Waals surface area contributed by atoms with Crippen molar-refractivity contribution < 1.29 is 15.0 Å². The van der Waals surface area contributed by atoms with Crippen molar-refractivity contribution in [2.75, 3.05) is 26.2 Å². The second-order valence-corrected chi connectivity index (χ2v) is 5.80. The lowest BCUT2D eigenvalue weighted by Gasteiger charge is -2.34. The molecule has 0 spiro atoms. The number of aliphatic hydroxyl groups excluding tert-OH is 2. The van der Waals surface area contributed by atoms with E-state index in [1.54, 1.807) is 0 Å². The fourth-order valence-electron chi connectivity index (χ4n) is 3.29. The number of likely N-dealkylation sites (tertiary alicyclic amines) is 1. The molecule has 0 aromatic rings. The number of amides is 1. The number of aliphatic hydroxyl groups is 2. The molecule has 0 aromatic heterocycles. The van der Waals surface area contributed by atoms with E-state index in [0.29, 0.717) is 25.7 Å². The van der Waals surface area contributed by atoms with Gasteiger partial charge in [-0.15, -0.1) is 0 Å². The number of likely N-dealkylation sites (N-methyl/N-ethyl adjacent to an activating group) is 1. The van der Waals surface area contributed by atoms with Gasteiger partial charge in [-0.3, -0.25) is 9.69 Å². The maximum Gasteiger partial charge on any atom is 0.236 e. The number of β-amino-alcohol motifs (C(OH)–C–C–N with tert-alkyl or cyclic N) is 2. The van der Waals surface area contributed by atoms with Crippen LogP contribution >= 0.6 is 0 Å². The molecule has 0 unspecified atom stereocenters. The summed E-state index contributed by atoms with van der Waals surface area (Å²) >= 11 is 0. The first kappa shape index (κ1) is 14.8. The van der Waals surface area contributed by atoms with Gasteiger partial charge in [0, 0.05) is 25.7 Å². The molecule has 1 heterocycles. The zero-order valence-electron chi connectivity index (χ0n) is 11.8. The highest BCUT2D eigenvalue weighted by Gasteiger charge is 2.32. The second-order valence-electron chi connectivity index (χ2n) is 5.80. The van der Waals surface area contributed by atoms with E-state index in [2.05, 4.69) is 0 Å². The Morgan fingerprint density at radius 3 is 2.26 bits per heavy atom. The van der Waals surface area contributed by atoms with Gasteiger partial charge in [-0.25, -0.2) is 0 Å². The van der Waals surface area contributed by atoms with Gasteiger partial charge >= 0.3 is 0 Å². The number of hydrogen-bond donors (Lipinski definition) is 2. The van der Waals surface area contributed by atoms with E-state index in [1.165, 1.54) is 19.3 Å². The fraction of sp³-hybridized carbons (Fsp3) is 0.929. The molecule has 1 saturated heterocycles. The van der Waals surface area contributed by atoms with Crippen LogP contribution in [-0.4, -0.2) is 70.3 Å². The topological polar surface area (TPSA) is 64.0 Å². The van der Waals surface area contributed by atoms with E-state index in [9.17, 15) is 15.0 Å². The Bertz CT molecular complexity index is 295. The van der Waals surface area contributed by atoms with Crippen molar-refractivity contribution in [1.29, 1.82) is 0 Å². The van der Waals surface area contributed by atoms with Gasteiger partial charge in [0.1, 0.15) is 0 Å². The molecule has 110 valence electrons. The van der Waals surface area contributed by atoms with Crippen LogP contribution in [0.2, 0.25) is 0 Å². The zero-order chi connectivity index (χ0) is 13.8. The summed E-state index contributed by atoms with van der Waals surface area (Å²) in [6.45, 7) is 3.89. The summed E-state index contributed by atoms with van der Waals surface area (Å²) in [6, 6.07) is 0.392. The van der Waals surface area contributed by atoms with Gasteiger partial charge in [-0.1, -0.05) is 19.3 Å². The first-order chi connectivity index (χ1) is 9.11. The lowest BCUT2D eigenvalue weighted by Crippen LogP contribution is -2.46. The highest BCUT2D eigenvalue weighted by Crippen LogP contribution is 2.23. The van der Waals surface area contributed by atoms with Crippen LogP contribution < -0.4 is 0 Å². The number of carbonyl (C=O) groups is 1. The molecule has 19 heavy (non-hydrogen) atoms. The first-order valence-electron chi connectivity index (χ1n) is 7.49. The normalized spacial score (nSPS) is 29.6. The van der Waals surface area contributed by atoms with E-state index in [4.69, 9.17) is 0 Å². The summed E-state index contributed by atoms with van der Waals surface area (Å²) in [5.41, 5.74) is 0. The van der Waals surface area contributed by atoms with E-state index < -0.39 is 12.2 Å². The minimum atomic E-state index is -0.711. The van der Waals surface area contributed by atoms with Crippen molar-refractivity contribution in [2.45, 2.75) is 57.3 Å². The molecule has 5 heteroatoms. The average Bonchev–Trinajstić information content (AvgIpc) is 2.70. The Morgan fingerprint density at radius 1 is 1.16 bits per heavy atom. The van der Waals surface area contributed by atoms with Crippen LogP contribution in [0.25, 0.3) is 0 Å². The summed E-state index contributed by atoms with van der Waals surface area (Å²) in [6.07, 6.45) is 4.53. The van der Waals surface area contributed by atoms with Crippen molar-refractivity contribution in [3.05, 3.63) is 0 Å². The predicted molar refractivity (Wildman–Crippen MR) is 72.7 cm³/mol. The van der Waals surface area contributed by atoms with Crippen LogP contribution in [0.3, 0.4) is 0 Å². The molecular formula is C14H26N2O3. The smallest absolute Gasteiger partial charge is 0.236 e. The SMILES string of the molecule is CCN(C(=O)CN1C[C@@H](O)[C@@H](O)C1)C1CCCCC1. The summed E-state index contributed by atoms with van der Waals surface area (Å²) in [5.74, 6) is 0.135. The number of rotatable bonds is 4. The molecule has 0 aromatic carbocycles. The van der Waals surface area contributed by atoms with Crippen LogP contribution in [-0.2, 0) is 4.79 Å². The molecule has 1 saturated carbocycles. The molecular weight excluding hydrogens is 244 g/mol. The largest absolute Gasteiger partial charge is 0.389 e. The van der Waals surface area contributed by atoms with Gasteiger partial charge in [-0.05, 0) is 19.8 Å². The summed E-state index contributed by atoms with van der Waals surface area (Å²) in [5, 5.41) is 19.0. The third-order valence-corrected chi connectivity index (χ3v) is 4.37. The summed E-state index contributed by atoms with van der Waals surface area (Å²) < 4.78 is 0. The van der Waals surface area contributed by atoms with Crippen LogP contribution in [0.1, 0.15) is 39.0 Å². The van der Waals surface area contributed by atoms with Crippen LogP contribution in [0.4, 0.5) is 0 Å². The highest BCUT2D eigenvalue weighted by molar-refractivity contribution is 5.78. The molecule has 0 radical (unpaired) electrons. The van der Waals surface area contributed by atoms with Gasteiger partial charge in [0.15, 0.2) is 0 Å². The van der Waals surface area contributed by atoms with Crippen LogP contribution in [0.15, 0.2) is 0 Å².